The van der Waals surface area contributed by atoms with Gasteiger partial charge in [-0.3, -0.25) is 0 Å². The van der Waals surface area contributed by atoms with Gasteiger partial charge in [-0.15, -0.1) is 0 Å². The number of hydrogen-bond donors (Lipinski definition) is 0. The minimum Gasteiger partial charge on any atom is -0.316 e. The molecule has 1 unspecified atom stereocenters. The Morgan fingerprint density at radius 1 is 0.833 bits per heavy atom. The summed E-state index contributed by atoms with van der Waals surface area (Å²) in [4.78, 5) is 0. The second kappa shape index (κ2) is 14.4. The van der Waals surface area contributed by atoms with Crippen LogP contribution in [0.3, 0.4) is 0 Å². The van der Waals surface area contributed by atoms with Gasteiger partial charge in [0.25, 0.3) is 0 Å². The SMILES string of the molecule is CCCCC(CC)C[C-](C)CCC(CC)CC.[Na+]. The summed E-state index contributed by atoms with van der Waals surface area (Å²) >= 11 is 0. The summed E-state index contributed by atoms with van der Waals surface area (Å²) in [5.41, 5.74) is 0. The predicted molar refractivity (Wildman–Crippen MR) is 80.1 cm³/mol. The quantitative estimate of drug-likeness (QED) is 0.395. The molecule has 0 heterocycles. The maximum absolute atomic E-state index is 2.39. The molecule has 18 heavy (non-hydrogen) atoms. The van der Waals surface area contributed by atoms with Crippen molar-refractivity contribution in [1.29, 1.82) is 0 Å². The van der Waals surface area contributed by atoms with Crippen LogP contribution < -0.4 is 29.6 Å². The van der Waals surface area contributed by atoms with Gasteiger partial charge < -0.3 is 5.92 Å². The molecule has 0 radical (unpaired) electrons. The van der Waals surface area contributed by atoms with Crippen LogP contribution in [0, 0.1) is 17.8 Å². The minimum atomic E-state index is 0. The first kappa shape index (κ1) is 21.3. The van der Waals surface area contributed by atoms with Crippen LogP contribution in [-0.2, 0) is 0 Å². The predicted octanol–water partition coefficient (Wildman–Crippen LogP) is 3.41. The molecule has 0 saturated heterocycles. The Hall–Kier alpha value is 1.00. The topological polar surface area (TPSA) is 0 Å². The fourth-order valence-electron chi connectivity index (χ4n) is 2.69. The Bertz CT molecular complexity index is 152. The fraction of sp³-hybridized carbons (Fsp3) is 0.941. The van der Waals surface area contributed by atoms with E-state index in [-0.39, 0.29) is 29.6 Å². The molecular formula is C17H35Na. The summed E-state index contributed by atoms with van der Waals surface area (Å²) in [5, 5.41) is 0. The maximum Gasteiger partial charge on any atom is 1.00 e. The van der Waals surface area contributed by atoms with E-state index < -0.39 is 0 Å². The second-order valence-corrected chi connectivity index (χ2v) is 5.80. The maximum atomic E-state index is 2.39. The van der Waals surface area contributed by atoms with Crippen LogP contribution in [0.4, 0.5) is 0 Å². The van der Waals surface area contributed by atoms with E-state index in [9.17, 15) is 0 Å². The van der Waals surface area contributed by atoms with Gasteiger partial charge in [-0.1, -0.05) is 78.6 Å². The third-order valence-electron chi connectivity index (χ3n) is 4.31. The first-order valence-electron chi connectivity index (χ1n) is 7.99. The van der Waals surface area contributed by atoms with Crippen molar-refractivity contribution in [3.63, 3.8) is 0 Å². The van der Waals surface area contributed by atoms with Gasteiger partial charge in [-0.25, -0.2) is 0 Å². The van der Waals surface area contributed by atoms with Crippen LogP contribution in [0.2, 0.25) is 0 Å². The third-order valence-corrected chi connectivity index (χ3v) is 4.31. The molecular weight excluding hydrogens is 227 g/mol. The second-order valence-electron chi connectivity index (χ2n) is 5.80. The van der Waals surface area contributed by atoms with Crippen molar-refractivity contribution >= 4 is 0 Å². The first-order chi connectivity index (χ1) is 8.17. The van der Waals surface area contributed by atoms with Gasteiger partial charge in [-0.2, -0.15) is 19.8 Å². The Labute approximate surface area is 139 Å². The molecule has 0 aliphatic rings. The molecule has 0 aliphatic heterocycles. The number of rotatable bonds is 11. The average molecular weight is 262 g/mol. The Morgan fingerprint density at radius 3 is 1.83 bits per heavy atom. The largest absolute Gasteiger partial charge is 1.00 e. The minimum absolute atomic E-state index is 0. The molecule has 104 valence electrons. The van der Waals surface area contributed by atoms with Gasteiger partial charge >= 0.3 is 29.6 Å². The van der Waals surface area contributed by atoms with E-state index in [0.717, 1.165) is 11.8 Å². The van der Waals surface area contributed by atoms with E-state index in [1.807, 2.05) is 0 Å². The molecule has 0 aromatic carbocycles. The smallest absolute Gasteiger partial charge is 0.316 e. The zero-order chi connectivity index (χ0) is 13.1. The van der Waals surface area contributed by atoms with Crippen LogP contribution in [0.5, 0.6) is 0 Å². The molecule has 0 fully saturated rings. The molecule has 0 aliphatic carbocycles. The molecule has 0 N–H and O–H groups in total. The van der Waals surface area contributed by atoms with Crippen LogP contribution >= 0.6 is 0 Å². The summed E-state index contributed by atoms with van der Waals surface area (Å²) in [5.74, 6) is 3.66. The molecule has 0 rings (SSSR count). The zero-order valence-electron chi connectivity index (χ0n) is 14.0. The molecule has 0 aromatic heterocycles. The average Bonchev–Trinajstić information content (AvgIpc) is 2.35. The Kier molecular flexibility index (Phi) is 17.1. The summed E-state index contributed by atoms with van der Waals surface area (Å²) in [6.45, 7) is 11.7. The van der Waals surface area contributed by atoms with Gasteiger partial charge in [-0.05, 0) is 5.92 Å². The zero-order valence-corrected chi connectivity index (χ0v) is 16.0. The summed E-state index contributed by atoms with van der Waals surface area (Å²) in [6.07, 6.45) is 12.5. The van der Waals surface area contributed by atoms with Crippen molar-refractivity contribution in [2.24, 2.45) is 11.8 Å². The van der Waals surface area contributed by atoms with Crippen molar-refractivity contribution in [3.8, 4) is 0 Å². The van der Waals surface area contributed by atoms with Gasteiger partial charge in [0.15, 0.2) is 0 Å². The van der Waals surface area contributed by atoms with Gasteiger partial charge in [0.05, 0.1) is 0 Å². The van der Waals surface area contributed by atoms with Crippen molar-refractivity contribution < 1.29 is 29.6 Å². The van der Waals surface area contributed by atoms with Crippen molar-refractivity contribution in [1.82, 2.24) is 0 Å². The Balaban J connectivity index is 0. The molecule has 0 amide bonds. The molecule has 0 saturated carbocycles. The first-order valence-corrected chi connectivity index (χ1v) is 7.99. The number of hydrogen-bond acceptors (Lipinski definition) is 0. The van der Waals surface area contributed by atoms with E-state index in [1.165, 1.54) is 57.8 Å². The molecule has 0 bridgehead atoms. The van der Waals surface area contributed by atoms with Gasteiger partial charge in [0.1, 0.15) is 0 Å². The van der Waals surface area contributed by atoms with Gasteiger partial charge in [0, 0.05) is 0 Å². The van der Waals surface area contributed by atoms with Crippen LogP contribution in [0.15, 0.2) is 0 Å². The molecule has 1 atom stereocenters. The van der Waals surface area contributed by atoms with Crippen molar-refractivity contribution in [2.45, 2.75) is 92.4 Å². The fourth-order valence-corrected chi connectivity index (χ4v) is 2.69. The van der Waals surface area contributed by atoms with E-state index in [4.69, 9.17) is 0 Å². The summed E-state index contributed by atoms with van der Waals surface area (Å²) in [6, 6.07) is 0. The summed E-state index contributed by atoms with van der Waals surface area (Å²) in [7, 11) is 0. The van der Waals surface area contributed by atoms with Crippen molar-refractivity contribution in [2.75, 3.05) is 0 Å². The molecule has 0 aromatic rings. The Morgan fingerprint density at radius 2 is 1.39 bits per heavy atom. The standard InChI is InChI=1S/C17H35.Na/c1-6-10-11-17(9-4)14-15(5)12-13-16(7-2)8-3;/h16-17H,6-14H2,1-5H3;/q-1;+1. The van der Waals surface area contributed by atoms with E-state index in [1.54, 1.807) is 5.92 Å². The van der Waals surface area contributed by atoms with Crippen LogP contribution in [-0.4, -0.2) is 0 Å². The van der Waals surface area contributed by atoms with Crippen molar-refractivity contribution in [3.05, 3.63) is 5.92 Å². The number of unbranched alkanes of at least 4 members (excludes halogenated alkanes) is 1. The van der Waals surface area contributed by atoms with Gasteiger partial charge in [0.2, 0.25) is 0 Å². The van der Waals surface area contributed by atoms with E-state index in [0.29, 0.717) is 0 Å². The monoisotopic (exact) mass is 262 g/mol. The van der Waals surface area contributed by atoms with Crippen LogP contribution in [0.1, 0.15) is 92.4 Å². The third kappa shape index (κ3) is 10.9. The normalized spacial score (nSPS) is 12.8. The van der Waals surface area contributed by atoms with E-state index >= 15 is 0 Å². The molecule has 1 heteroatoms. The summed E-state index contributed by atoms with van der Waals surface area (Å²) < 4.78 is 0. The molecule has 0 spiro atoms. The van der Waals surface area contributed by atoms with Crippen LogP contribution in [0.25, 0.3) is 0 Å². The van der Waals surface area contributed by atoms with E-state index in [2.05, 4.69) is 34.6 Å². The molecule has 0 nitrogen and oxygen atoms in total.